The molecular weight excluding hydrogens is 190 g/mol. The lowest BCUT2D eigenvalue weighted by atomic mass is 10.2. The van der Waals surface area contributed by atoms with E-state index in [1.54, 1.807) is 0 Å². The molecule has 0 saturated heterocycles. The van der Waals surface area contributed by atoms with Crippen LogP contribution >= 0.6 is 11.8 Å². The SMILES string of the molecule is CCCCSCc1ccc(C#N)cc1. The molecule has 0 aliphatic heterocycles. The van der Waals surface area contributed by atoms with Crippen molar-refractivity contribution in [3.05, 3.63) is 35.4 Å². The van der Waals surface area contributed by atoms with Crippen LogP contribution in [0.1, 0.15) is 30.9 Å². The smallest absolute Gasteiger partial charge is 0.0991 e. The van der Waals surface area contributed by atoms with E-state index in [0.29, 0.717) is 0 Å². The van der Waals surface area contributed by atoms with Crippen molar-refractivity contribution in [3.63, 3.8) is 0 Å². The van der Waals surface area contributed by atoms with Crippen LogP contribution in [-0.2, 0) is 5.75 Å². The third-order valence-electron chi connectivity index (χ3n) is 1.99. The number of benzene rings is 1. The zero-order valence-electron chi connectivity index (χ0n) is 8.49. The van der Waals surface area contributed by atoms with E-state index in [-0.39, 0.29) is 0 Å². The van der Waals surface area contributed by atoms with Gasteiger partial charge in [-0.15, -0.1) is 0 Å². The highest BCUT2D eigenvalue weighted by molar-refractivity contribution is 7.98. The van der Waals surface area contributed by atoms with E-state index in [0.717, 1.165) is 11.3 Å². The van der Waals surface area contributed by atoms with Crippen LogP contribution in [0.5, 0.6) is 0 Å². The first-order chi connectivity index (χ1) is 6.86. The van der Waals surface area contributed by atoms with Gasteiger partial charge in [0.25, 0.3) is 0 Å². The maximum Gasteiger partial charge on any atom is 0.0991 e. The molecule has 0 fully saturated rings. The molecule has 0 radical (unpaired) electrons. The van der Waals surface area contributed by atoms with Crippen LogP contribution in [0, 0.1) is 11.3 Å². The minimum absolute atomic E-state index is 0.743. The van der Waals surface area contributed by atoms with E-state index in [9.17, 15) is 0 Å². The molecule has 1 rings (SSSR count). The summed E-state index contributed by atoms with van der Waals surface area (Å²) in [7, 11) is 0. The average molecular weight is 205 g/mol. The summed E-state index contributed by atoms with van der Waals surface area (Å²) in [6.07, 6.45) is 2.56. The molecule has 0 saturated carbocycles. The number of hydrogen-bond donors (Lipinski definition) is 0. The number of rotatable bonds is 5. The summed E-state index contributed by atoms with van der Waals surface area (Å²) in [6.45, 7) is 2.21. The lowest BCUT2D eigenvalue weighted by Gasteiger charge is -2.00. The average Bonchev–Trinajstić information content (AvgIpc) is 2.25. The summed E-state index contributed by atoms with van der Waals surface area (Å²) in [5.74, 6) is 2.29. The van der Waals surface area contributed by atoms with Gasteiger partial charge >= 0.3 is 0 Å². The standard InChI is InChI=1S/C12H15NS/c1-2-3-8-14-10-12-6-4-11(9-13)5-7-12/h4-7H,2-3,8,10H2,1H3. The van der Waals surface area contributed by atoms with Crippen molar-refractivity contribution in [3.8, 4) is 6.07 Å². The Kier molecular flexibility index (Phi) is 5.17. The molecule has 0 amide bonds. The quantitative estimate of drug-likeness (QED) is 0.686. The van der Waals surface area contributed by atoms with Crippen molar-refractivity contribution in [1.29, 1.82) is 5.26 Å². The lowest BCUT2D eigenvalue weighted by molar-refractivity contribution is 0.896. The fraction of sp³-hybridized carbons (Fsp3) is 0.417. The highest BCUT2D eigenvalue weighted by Gasteiger charge is 1.94. The van der Waals surface area contributed by atoms with Gasteiger partial charge in [-0.3, -0.25) is 0 Å². The molecule has 0 atom stereocenters. The highest BCUT2D eigenvalue weighted by Crippen LogP contribution is 2.14. The Hall–Kier alpha value is -0.940. The first kappa shape index (κ1) is 11.1. The summed E-state index contributed by atoms with van der Waals surface area (Å²) in [5.41, 5.74) is 2.05. The molecule has 1 aromatic carbocycles. The molecule has 0 N–H and O–H groups in total. The van der Waals surface area contributed by atoms with Crippen molar-refractivity contribution in [2.75, 3.05) is 5.75 Å². The molecule has 0 heterocycles. The molecule has 0 aromatic heterocycles. The van der Waals surface area contributed by atoms with Gasteiger partial charge in [-0.1, -0.05) is 25.5 Å². The van der Waals surface area contributed by atoms with E-state index in [1.165, 1.54) is 24.2 Å². The van der Waals surface area contributed by atoms with E-state index >= 15 is 0 Å². The molecule has 1 aromatic rings. The molecule has 14 heavy (non-hydrogen) atoms. The lowest BCUT2D eigenvalue weighted by Crippen LogP contribution is -1.83. The zero-order chi connectivity index (χ0) is 10.2. The van der Waals surface area contributed by atoms with Gasteiger partial charge in [0, 0.05) is 5.75 Å². The number of nitriles is 1. The number of nitrogens with zero attached hydrogens (tertiary/aromatic N) is 1. The minimum Gasteiger partial charge on any atom is -0.192 e. The van der Waals surface area contributed by atoms with Crippen molar-refractivity contribution >= 4 is 11.8 Å². The van der Waals surface area contributed by atoms with Crippen LogP contribution in [0.4, 0.5) is 0 Å². The third-order valence-corrected chi connectivity index (χ3v) is 3.11. The second-order valence-corrected chi connectivity index (χ2v) is 4.32. The van der Waals surface area contributed by atoms with Gasteiger partial charge < -0.3 is 0 Å². The predicted molar refractivity (Wildman–Crippen MR) is 62.2 cm³/mol. The van der Waals surface area contributed by atoms with Gasteiger partial charge in [0.15, 0.2) is 0 Å². The molecule has 0 aliphatic rings. The number of thioether (sulfide) groups is 1. The van der Waals surface area contributed by atoms with Crippen LogP contribution in [0.3, 0.4) is 0 Å². The first-order valence-corrected chi connectivity index (χ1v) is 6.09. The Balaban J connectivity index is 2.33. The normalized spacial score (nSPS) is 9.71. The van der Waals surface area contributed by atoms with Gasteiger partial charge in [0.05, 0.1) is 11.6 Å². The van der Waals surface area contributed by atoms with Crippen LogP contribution in [0.2, 0.25) is 0 Å². The summed E-state index contributed by atoms with van der Waals surface area (Å²) in [6, 6.07) is 9.97. The second kappa shape index (κ2) is 6.50. The van der Waals surface area contributed by atoms with Gasteiger partial charge in [-0.2, -0.15) is 17.0 Å². The predicted octanol–water partition coefficient (Wildman–Crippen LogP) is 3.59. The van der Waals surface area contributed by atoms with E-state index in [1.807, 2.05) is 36.0 Å². The summed E-state index contributed by atoms with van der Waals surface area (Å²) in [5, 5.41) is 8.62. The Morgan fingerprint density at radius 1 is 1.29 bits per heavy atom. The topological polar surface area (TPSA) is 23.8 Å². The van der Waals surface area contributed by atoms with Crippen molar-refractivity contribution < 1.29 is 0 Å². The molecule has 74 valence electrons. The Labute approximate surface area is 90.1 Å². The summed E-state index contributed by atoms with van der Waals surface area (Å²) >= 11 is 1.96. The van der Waals surface area contributed by atoms with Gasteiger partial charge in [0.2, 0.25) is 0 Å². The maximum absolute atomic E-state index is 8.62. The van der Waals surface area contributed by atoms with Crippen LogP contribution in [0.25, 0.3) is 0 Å². The van der Waals surface area contributed by atoms with Crippen molar-refractivity contribution in [2.24, 2.45) is 0 Å². The molecule has 0 spiro atoms. The number of unbranched alkanes of at least 4 members (excludes halogenated alkanes) is 1. The Morgan fingerprint density at radius 2 is 2.00 bits per heavy atom. The van der Waals surface area contributed by atoms with Crippen LogP contribution in [0.15, 0.2) is 24.3 Å². The monoisotopic (exact) mass is 205 g/mol. The van der Waals surface area contributed by atoms with Crippen LogP contribution < -0.4 is 0 Å². The van der Waals surface area contributed by atoms with Gasteiger partial charge in [-0.05, 0) is 29.9 Å². The fourth-order valence-corrected chi connectivity index (χ4v) is 2.18. The summed E-state index contributed by atoms with van der Waals surface area (Å²) < 4.78 is 0. The third kappa shape index (κ3) is 3.85. The molecule has 0 bridgehead atoms. The van der Waals surface area contributed by atoms with Crippen molar-refractivity contribution in [2.45, 2.75) is 25.5 Å². The maximum atomic E-state index is 8.62. The molecular formula is C12H15NS. The fourth-order valence-electron chi connectivity index (χ4n) is 1.11. The Morgan fingerprint density at radius 3 is 2.57 bits per heavy atom. The molecule has 0 aliphatic carbocycles. The number of hydrogen-bond acceptors (Lipinski definition) is 2. The second-order valence-electron chi connectivity index (χ2n) is 3.21. The van der Waals surface area contributed by atoms with Crippen LogP contribution in [-0.4, -0.2) is 5.75 Å². The van der Waals surface area contributed by atoms with E-state index < -0.39 is 0 Å². The molecule has 1 nitrogen and oxygen atoms in total. The highest BCUT2D eigenvalue weighted by atomic mass is 32.2. The summed E-state index contributed by atoms with van der Waals surface area (Å²) in [4.78, 5) is 0. The van der Waals surface area contributed by atoms with Gasteiger partial charge in [0.1, 0.15) is 0 Å². The zero-order valence-corrected chi connectivity index (χ0v) is 9.31. The molecule has 2 heteroatoms. The van der Waals surface area contributed by atoms with E-state index in [2.05, 4.69) is 13.0 Å². The first-order valence-electron chi connectivity index (χ1n) is 4.93. The Bertz CT molecular complexity index is 297. The van der Waals surface area contributed by atoms with Gasteiger partial charge in [-0.25, -0.2) is 0 Å². The van der Waals surface area contributed by atoms with Crippen molar-refractivity contribution in [1.82, 2.24) is 0 Å². The van der Waals surface area contributed by atoms with E-state index in [4.69, 9.17) is 5.26 Å². The minimum atomic E-state index is 0.743. The molecule has 0 unspecified atom stereocenters. The largest absolute Gasteiger partial charge is 0.192 e.